The van der Waals surface area contributed by atoms with Gasteiger partial charge in [-0.25, -0.2) is 4.79 Å². The predicted molar refractivity (Wildman–Crippen MR) is 174 cm³/mol. The van der Waals surface area contributed by atoms with Gasteiger partial charge in [0.05, 0.1) is 17.8 Å². The normalized spacial score (nSPS) is 17.2. The zero-order valence-corrected chi connectivity index (χ0v) is 28.2. The van der Waals surface area contributed by atoms with Crippen LogP contribution in [-0.4, -0.2) is 46.5 Å². The topological polar surface area (TPSA) is 79.3 Å². The number of fused-ring (bicyclic) bond motifs is 2. The van der Waals surface area contributed by atoms with E-state index in [2.05, 4.69) is 38.5 Å². The van der Waals surface area contributed by atoms with Crippen molar-refractivity contribution in [2.45, 2.75) is 77.6 Å². The lowest BCUT2D eigenvalue weighted by Gasteiger charge is -2.31. The summed E-state index contributed by atoms with van der Waals surface area (Å²) < 4.78 is 7.18. The van der Waals surface area contributed by atoms with E-state index in [-0.39, 0.29) is 5.91 Å². The number of anilines is 1. The fourth-order valence-corrected chi connectivity index (χ4v) is 6.74. The molecule has 0 aromatic heterocycles. The number of halogens is 2. The molecule has 9 heteroatoms. The van der Waals surface area contributed by atoms with Gasteiger partial charge in [0.2, 0.25) is 0 Å². The van der Waals surface area contributed by atoms with Crippen LogP contribution in [0.5, 0.6) is 0 Å². The number of hydrogen-bond acceptors (Lipinski definition) is 5. The van der Waals surface area contributed by atoms with Crippen molar-refractivity contribution >= 4 is 67.0 Å². The van der Waals surface area contributed by atoms with Crippen molar-refractivity contribution in [1.82, 2.24) is 5.06 Å². The van der Waals surface area contributed by atoms with E-state index in [4.69, 9.17) is 9.57 Å². The maximum absolute atomic E-state index is 14.0. The Hall–Kier alpha value is -2.21. The van der Waals surface area contributed by atoms with Crippen LogP contribution >= 0.6 is 38.5 Å². The van der Waals surface area contributed by atoms with Crippen LogP contribution in [0.25, 0.3) is 10.8 Å². The Morgan fingerprint density at radius 2 is 1.66 bits per heavy atom. The van der Waals surface area contributed by atoms with Crippen LogP contribution in [0, 0.1) is 3.57 Å². The van der Waals surface area contributed by atoms with E-state index >= 15 is 0 Å². The summed E-state index contributed by atoms with van der Waals surface area (Å²) in [5, 5.41) is 15.4. The highest BCUT2D eigenvalue weighted by atomic mass is 127. The first kappa shape index (κ1) is 31.7. The Morgan fingerprint density at radius 3 is 2.32 bits per heavy atom. The number of aliphatic hydroxyl groups is 1. The maximum atomic E-state index is 14.0. The first-order valence-electron chi connectivity index (χ1n) is 13.8. The summed E-state index contributed by atoms with van der Waals surface area (Å²) in [6.45, 7) is 11.9. The van der Waals surface area contributed by atoms with Crippen LogP contribution in [0.3, 0.4) is 0 Å². The van der Waals surface area contributed by atoms with E-state index in [0.717, 1.165) is 20.8 Å². The third-order valence-electron chi connectivity index (χ3n) is 6.63. The van der Waals surface area contributed by atoms with E-state index in [9.17, 15) is 14.7 Å². The lowest BCUT2D eigenvalue weighted by atomic mass is 9.86. The Morgan fingerprint density at radius 1 is 0.976 bits per heavy atom. The van der Waals surface area contributed by atoms with Crippen LogP contribution < -0.4 is 4.90 Å². The first-order chi connectivity index (χ1) is 19.1. The highest BCUT2D eigenvalue weighted by Gasteiger charge is 2.52. The van der Waals surface area contributed by atoms with Gasteiger partial charge in [-0.05, 0) is 118 Å². The smallest absolute Gasteiger partial charge is 0.434 e. The van der Waals surface area contributed by atoms with Gasteiger partial charge in [-0.2, -0.15) is 5.06 Å². The van der Waals surface area contributed by atoms with Crippen LogP contribution in [-0.2, 0) is 20.0 Å². The van der Waals surface area contributed by atoms with Crippen molar-refractivity contribution in [3.8, 4) is 0 Å². The number of rotatable bonds is 8. The number of ether oxygens (including phenoxy) is 1. The minimum absolute atomic E-state index is 0.362. The van der Waals surface area contributed by atoms with Gasteiger partial charge in [-0.15, -0.1) is 0 Å². The Bertz CT molecular complexity index is 1450. The first-order valence-corrected chi connectivity index (χ1v) is 15.7. The number of hydroxylamine groups is 2. The van der Waals surface area contributed by atoms with Crippen LogP contribution in [0.1, 0.15) is 71.9 Å². The molecule has 1 N–H and O–H groups in total. The van der Waals surface area contributed by atoms with Gasteiger partial charge in [-0.1, -0.05) is 52.3 Å². The van der Waals surface area contributed by atoms with Crippen molar-refractivity contribution in [2.75, 3.05) is 18.0 Å². The summed E-state index contributed by atoms with van der Waals surface area (Å²) in [7, 11) is 0. The van der Waals surface area contributed by atoms with E-state index in [1.165, 1.54) is 5.06 Å². The Balaban J connectivity index is 1.50. The molecule has 1 unspecified atom stereocenters. The van der Waals surface area contributed by atoms with Crippen molar-refractivity contribution in [2.24, 2.45) is 0 Å². The molecule has 0 spiro atoms. The van der Waals surface area contributed by atoms with Gasteiger partial charge in [0.1, 0.15) is 5.60 Å². The van der Waals surface area contributed by atoms with E-state index < -0.39 is 22.9 Å². The van der Waals surface area contributed by atoms with Crippen molar-refractivity contribution < 1.29 is 24.3 Å². The van der Waals surface area contributed by atoms with Crippen LogP contribution in [0.2, 0.25) is 0 Å². The fraction of sp³-hybridized carbons (Fsp3) is 0.438. The molecule has 0 aliphatic carbocycles. The number of carbonyl (C=O) groups excluding carboxylic acids is 2. The van der Waals surface area contributed by atoms with E-state index in [1.807, 2.05) is 96.1 Å². The highest BCUT2D eigenvalue weighted by molar-refractivity contribution is 14.1. The fourth-order valence-electron chi connectivity index (χ4n) is 4.97. The molecule has 2 amide bonds. The number of unbranched alkanes of at least 4 members (excludes halogenated alkanes) is 2. The Labute approximate surface area is 264 Å². The second kappa shape index (κ2) is 12.2. The summed E-state index contributed by atoms with van der Waals surface area (Å²) >= 11 is 5.86. The molecule has 0 fully saturated rings. The molecule has 0 radical (unpaired) electrons. The molecule has 1 aliphatic rings. The molecular formula is C32H38BrIN2O5. The van der Waals surface area contributed by atoms with Crippen molar-refractivity contribution in [3.05, 3.63) is 73.8 Å². The second-order valence-corrected chi connectivity index (χ2v) is 14.5. The number of carbonyl (C=O) groups is 2. The third kappa shape index (κ3) is 7.24. The number of nitrogens with zero attached hydrogens (tertiary/aromatic N) is 2. The van der Waals surface area contributed by atoms with Crippen molar-refractivity contribution in [1.29, 1.82) is 0 Å². The lowest BCUT2D eigenvalue weighted by Crippen LogP contribution is -2.42. The molecule has 220 valence electrons. The average Bonchev–Trinajstić information content (AvgIpc) is 3.08. The minimum Gasteiger partial charge on any atom is -0.442 e. The van der Waals surface area contributed by atoms with Gasteiger partial charge in [0.25, 0.3) is 5.91 Å². The molecule has 1 heterocycles. The van der Waals surface area contributed by atoms with E-state index in [0.29, 0.717) is 47.2 Å². The van der Waals surface area contributed by atoms with Gasteiger partial charge in [0, 0.05) is 20.2 Å². The predicted octanol–water partition coefficient (Wildman–Crippen LogP) is 7.93. The largest absolute Gasteiger partial charge is 0.442 e. The lowest BCUT2D eigenvalue weighted by molar-refractivity contribution is -0.211. The summed E-state index contributed by atoms with van der Waals surface area (Å²) in [6, 6.07) is 17.4. The molecule has 7 nitrogen and oxygen atoms in total. The number of hydrogen-bond donors (Lipinski definition) is 1. The molecule has 4 rings (SSSR count). The molecule has 1 aliphatic heterocycles. The standard InChI is InChI=1S/C32H38BrIN2O5/c1-30(2,3)40-29(38)36(41-31(4,5)6)17-11-7-10-16-35-26-20-24(34)19-25(33)27(26)32(39,28(35)37)23-15-14-21-12-8-9-13-22(21)18-23/h8-9,12-15,18-20,39H,7,10-11,16-17H2,1-6H3. The molecule has 3 aromatic rings. The maximum Gasteiger partial charge on any atom is 0.434 e. The van der Waals surface area contributed by atoms with Crippen LogP contribution in [0.4, 0.5) is 10.5 Å². The SMILES string of the molecule is CC(C)(C)OC(=O)N(CCCCCN1C(=O)C(O)(c2ccc3ccccc3c2)c2c(Br)cc(I)cc21)OC(C)(C)C. The zero-order chi connectivity index (χ0) is 30.2. The molecule has 0 saturated heterocycles. The molecule has 3 aromatic carbocycles. The monoisotopic (exact) mass is 736 g/mol. The highest BCUT2D eigenvalue weighted by Crippen LogP contribution is 2.49. The molecule has 1 atom stereocenters. The molecule has 0 saturated carbocycles. The second-order valence-electron chi connectivity index (χ2n) is 12.4. The number of benzene rings is 3. The third-order valence-corrected chi connectivity index (χ3v) is 7.88. The summed E-state index contributed by atoms with van der Waals surface area (Å²) in [5.41, 5.74) is -1.19. The van der Waals surface area contributed by atoms with E-state index in [1.54, 1.807) is 4.90 Å². The quantitative estimate of drug-likeness (QED) is 0.144. The molecule has 0 bridgehead atoms. The van der Waals surface area contributed by atoms with Gasteiger partial charge in [-0.3, -0.25) is 9.63 Å². The summed E-state index contributed by atoms with van der Waals surface area (Å²) in [4.78, 5) is 34.3. The van der Waals surface area contributed by atoms with Crippen LogP contribution in [0.15, 0.2) is 59.1 Å². The summed E-state index contributed by atoms with van der Waals surface area (Å²) in [6.07, 6.45) is 1.57. The Kier molecular flexibility index (Phi) is 9.43. The van der Waals surface area contributed by atoms with Gasteiger partial charge in [0.15, 0.2) is 5.60 Å². The van der Waals surface area contributed by atoms with Gasteiger partial charge >= 0.3 is 6.09 Å². The molecular weight excluding hydrogens is 699 g/mol. The zero-order valence-electron chi connectivity index (χ0n) is 24.5. The van der Waals surface area contributed by atoms with Gasteiger partial charge < -0.3 is 14.7 Å². The number of amides is 2. The average molecular weight is 737 g/mol. The summed E-state index contributed by atoms with van der Waals surface area (Å²) in [5.74, 6) is -0.364. The van der Waals surface area contributed by atoms with Crippen molar-refractivity contribution in [3.63, 3.8) is 0 Å². The minimum atomic E-state index is -1.81. The molecule has 41 heavy (non-hydrogen) atoms.